The van der Waals surface area contributed by atoms with Crippen molar-refractivity contribution >= 4 is 29.0 Å². The van der Waals surface area contributed by atoms with Gasteiger partial charge >= 0.3 is 0 Å². The Morgan fingerprint density at radius 3 is 3.24 bits per heavy atom. The number of carbonyl (C=O) groups excluding carboxylic acids is 1. The second-order valence-electron chi connectivity index (χ2n) is 3.98. The average Bonchev–Trinajstić information content (AvgIpc) is 2.78. The Kier molecular flexibility index (Phi) is 4.68. The standard InChI is InChI=1S/C13H17NOS2/c1-2-3-4-6-14-13(15)12-8-10-9-16-7-5-11(10)17-12/h2-3,8H,4-7,9H2,1H3,(H,14,15)/b3-2+. The first-order valence-electron chi connectivity index (χ1n) is 5.90. The summed E-state index contributed by atoms with van der Waals surface area (Å²) in [6, 6.07) is 2.07. The first-order valence-corrected chi connectivity index (χ1v) is 7.87. The van der Waals surface area contributed by atoms with E-state index in [4.69, 9.17) is 0 Å². The topological polar surface area (TPSA) is 29.1 Å². The molecule has 1 aromatic heterocycles. The van der Waals surface area contributed by atoms with Crippen LogP contribution < -0.4 is 5.32 Å². The lowest BCUT2D eigenvalue weighted by Crippen LogP contribution is -2.23. The van der Waals surface area contributed by atoms with E-state index in [1.807, 2.05) is 24.8 Å². The molecule has 0 radical (unpaired) electrons. The Balaban J connectivity index is 1.92. The number of carbonyl (C=O) groups is 1. The van der Waals surface area contributed by atoms with Crippen molar-refractivity contribution in [1.29, 1.82) is 0 Å². The van der Waals surface area contributed by atoms with E-state index in [1.165, 1.54) is 16.2 Å². The zero-order chi connectivity index (χ0) is 12.1. The summed E-state index contributed by atoms with van der Waals surface area (Å²) >= 11 is 3.62. The number of rotatable bonds is 4. The second-order valence-corrected chi connectivity index (χ2v) is 6.22. The summed E-state index contributed by atoms with van der Waals surface area (Å²) in [4.78, 5) is 14.2. The molecule has 1 amide bonds. The van der Waals surface area contributed by atoms with E-state index in [-0.39, 0.29) is 5.91 Å². The monoisotopic (exact) mass is 267 g/mol. The molecule has 0 atom stereocenters. The van der Waals surface area contributed by atoms with Crippen molar-refractivity contribution in [3.05, 3.63) is 33.5 Å². The maximum Gasteiger partial charge on any atom is 0.261 e. The molecule has 2 heterocycles. The van der Waals surface area contributed by atoms with Gasteiger partial charge < -0.3 is 5.32 Å². The van der Waals surface area contributed by atoms with Crippen LogP contribution in [0.4, 0.5) is 0 Å². The highest BCUT2D eigenvalue weighted by Gasteiger charge is 2.16. The Morgan fingerprint density at radius 2 is 2.47 bits per heavy atom. The van der Waals surface area contributed by atoms with Gasteiger partial charge in [-0.2, -0.15) is 11.8 Å². The van der Waals surface area contributed by atoms with Crippen LogP contribution >= 0.6 is 23.1 Å². The largest absolute Gasteiger partial charge is 0.351 e. The van der Waals surface area contributed by atoms with E-state index in [1.54, 1.807) is 11.3 Å². The van der Waals surface area contributed by atoms with Crippen LogP contribution in [0, 0.1) is 0 Å². The van der Waals surface area contributed by atoms with Crippen LogP contribution in [-0.2, 0) is 12.2 Å². The molecule has 17 heavy (non-hydrogen) atoms. The van der Waals surface area contributed by atoms with Gasteiger partial charge in [0.25, 0.3) is 5.91 Å². The maximum absolute atomic E-state index is 11.9. The Hall–Kier alpha value is -0.740. The molecule has 1 aliphatic rings. The average molecular weight is 267 g/mol. The molecule has 0 saturated heterocycles. The molecule has 4 heteroatoms. The smallest absolute Gasteiger partial charge is 0.261 e. The second kappa shape index (κ2) is 6.26. The van der Waals surface area contributed by atoms with Crippen molar-refractivity contribution in [3.63, 3.8) is 0 Å². The molecule has 2 nitrogen and oxygen atoms in total. The van der Waals surface area contributed by atoms with Gasteiger partial charge in [0.1, 0.15) is 0 Å². The molecule has 2 rings (SSSR count). The number of amides is 1. The third-order valence-corrected chi connectivity index (χ3v) is 4.93. The van der Waals surface area contributed by atoms with E-state index < -0.39 is 0 Å². The van der Waals surface area contributed by atoms with Gasteiger partial charge in [-0.25, -0.2) is 0 Å². The van der Waals surface area contributed by atoms with Crippen molar-refractivity contribution in [1.82, 2.24) is 5.32 Å². The third-order valence-electron chi connectivity index (χ3n) is 2.68. The highest BCUT2D eigenvalue weighted by Crippen LogP contribution is 2.31. The minimum atomic E-state index is 0.0823. The molecule has 0 fully saturated rings. The summed E-state index contributed by atoms with van der Waals surface area (Å²) in [5.74, 6) is 2.34. The van der Waals surface area contributed by atoms with Gasteiger partial charge in [0.2, 0.25) is 0 Å². The predicted molar refractivity (Wildman–Crippen MR) is 75.9 cm³/mol. The van der Waals surface area contributed by atoms with Crippen LogP contribution in [0.3, 0.4) is 0 Å². The van der Waals surface area contributed by atoms with Gasteiger partial charge in [-0.1, -0.05) is 12.2 Å². The summed E-state index contributed by atoms with van der Waals surface area (Å²) < 4.78 is 0. The van der Waals surface area contributed by atoms with E-state index in [0.29, 0.717) is 0 Å². The van der Waals surface area contributed by atoms with Crippen LogP contribution in [0.15, 0.2) is 18.2 Å². The van der Waals surface area contributed by atoms with Gasteiger partial charge in [-0.3, -0.25) is 4.79 Å². The van der Waals surface area contributed by atoms with Crippen LogP contribution in [0.25, 0.3) is 0 Å². The van der Waals surface area contributed by atoms with Gasteiger partial charge in [0.15, 0.2) is 0 Å². The highest BCUT2D eigenvalue weighted by atomic mass is 32.2. The molecule has 0 bridgehead atoms. The summed E-state index contributed by atoms with van der Waals surface area (Å²) in [7, 11) is 0. The minimum Gasteiger partial charge on any atom is -0.351 e. The molecular weight excluding hydrogens is 250 g/mol. The number of allylic oxidation sites excluding steroid dienone is 1. The van der Waals surface area contributed by atoms with Crippen LogP contribution in [0.1, 0.15) is 33.5 Å². The molecule has 0 aromatic carbocycles. The molecule has 0 aliphatic carbocycles. The van der Waals surface area contributed by atoms with E-state index in [9.17, 15) is 4.79 Å². The molecule has 1 N–H and O–H groups in total. The molecule has 0 unspecified atom stereocenters. The van der Waals surface area contributed by atoms with Crippen molar-refractivity contribution in [3.8, 4) is 0 Å². The number of fused-ring (bicyclic) bond motifs is 1. The molecular formula is C13H17NOS2. The maximum atomic E-state index is 11.9. The van der Waals surface area contributed by atoms with Crippen LogP contribution in [-0.4, -0.2) is 18.2 Å². The lowest BCUT2D eigenvalue weighted by molar-refractivity contribution is 0.0958. The minimum absolute atomic E-state index is 0.0823. The number of thioether (sulfide) groups is 1. The van der Waals surface area contributed by atoms with E-state index >= 15 is 0 Å². The zero-order valence-corrected chi connectivity index (χ0v) is 11.6. The summed E-state index contributed by atoms with van der Waals surface area (Å²) in [5, 5.41) is 2.96. The lowest BCUT2D eigenvalue weighted by atomic mass is 10.2. The Labute approximate surface area is 110 Å². The summed E-state index contributed by atoms with van der Waals surface area (Å²) in [6.07, 6.45) is 6.10. The fourth-order valence-electron chi connectivity index (χ4n) is 1.78. The highest BCUT2D eigenvalue weighted by molar-refractivity contribution is 7.98. The number of thiophene rings is 1. The SMILES string of the molecule is C/C=C/CCNC(=O)c1cc2c(s1)CCSC2. The predicted octanol–water partition coefficient (Wildman–Crippen LogP) is 3.23. The van der Waals surface area contributed by atoms with Crippen LogP contribution in [0.5, 0.6) is 0 Å². The van der Waals surface area contributed by atoms with Crippen molar-refractivity contribution in [2.75, 3.05) is 12.3 Å². The Morgan fingerprint density at radius 1 is 1.59 bits per heavy atom. The van der Waals surface area contributed by atoms with Crippen molar-refractivity contribution in [2.24, 2.45) is 0 Å². The quantitative estimate of drug-likeness (QED) is 0.670. The van der Waals surface area contributed by atoms with Gasteiger partial charge in [-0.05, 0) is 37.1 Å². The van der Waals surface area contributed by atoms with Crippen LogP contribution in [0.2, 0.25) is 0 Å². The lowest BCUT2D eigenvalue weighted by Gasteiger charge is -2.08. The fourth-order valence-corrected chi connectivity index (χ4v) is 4.07. The molecule has 1 aromatic rings. The first kappa shape index (κ1) is 12.7. The third kappa shape index (κ3) is 3.36. The van der Waals surface area contributed by atoms with Gasteiger partial charge in [0.05, 0.1) is 4.88 Å². The summed E-state index contributed by atoms with van der Waals surface area (Å²) in [5.41, 5.74) is 1.37. The molecule has 0 saturated carbocycles. The normalized spacial score (nSPS) is 14.9. The first-order chi connectivity index (χ1) is 8.31. The fraction of sp³-hybridized carbons (Fsp3) is 0.462. The Bertz CT molecular complexity index is 400. The van der Waals surface area contributed by atoms with Gasteiger partial charge in [0, 0.05) is 17.2 Å². The van der Waals surface area contributed by atoms with E-state index in [2.05, 4.69) is 17.5 Å². The molecule has 0 spiro atoms. The zero-order valence-electron chi connectivity index (χ0n) is 9.99. The van der Waals surface area contributed by atoms with E-state index in [0.717, 1.165) is 30.0 Å². The van der Waals surface area contributed by atoms with Crippen molar-refractivity contribution in [2.45, 2.75) is 25.5 Å². The van der Waals surface area contributed by atoms with Gasteiger partial charge in [-0.15, -0.1) is 11.3 Å². The molecule has 1 aliphatic heterocycles. The number of hydrogen-bond donors (Lipinski definition) is 1. The summed E-state index contributed by atoms with van der Waals surface area (Å²) in [6.45, 7) is 2.72. The number of hydrogen-bond acceptors (Lipinski definition) is 3. The number of nitrogens with one attached hydrogen (secondary N) is 1. The molecule has 92 valence electrons. The number of aryl methyl sites for hydroxylation is 1. The van der Waals surface area contributed by atoms with Crippen molar-refractivity contribution < 1.29 is 4.79 Å².